The van der Waals surface area contributed by atoms with Gasteiger partial charge in [0.1, 0.15) is 12.2 Å². The average molecular weight is 563 g/mol. The van der Waals surface area contributed by atoms with Crippen molar-refractivity contribution in [2.75, 3.05) is 0 Å². The van der Waals surface area contributed by atoms with E-state index in [1.54, 1.807) is 30.3 Å². The molecule has 0 spiro atoms. The summed E-state index contributed by atoms with van der Waals surface area (Å²) in [4.78, 5) is 38.0. The van der Waals surface area contributed by atoms with Crippen molar-refractivity contribution in [2.45, 2.75) is 36.2 Å². The fraction of sp³-hybridized carbons (Fsp3) is 0.435. The maximum absolute atomic E-state index is 13.9. The zero-order valence-corrected chi connectivity index (χ0v) is 19.6. The second kappa shape index (κ2) is 8.59. The Balaban J connectivity index is 1.40. The summed E-state index contributed by atoms with van der Waals surface area (Å²) < 4.78 is 115. The predicted octanol–water partition coefficient (Wildman–Crippen LogP) is 2.78. The van der Waals surface area contributed by atoms with Crippen LogP contribution in [0.2, 0.25) is 0 Å². The summed E-state index contributed by atoms with van der Waals surface area (Å²) in [5.41, 5.74) is 0.0869. The van der Waals surface area contributed by atoms with Crippen molar-refractivity contribution >= 4 is 38.8 Å². The van der Waals surface area contributed by atoms with Crippen LogP contribution in [0.15, 0.2) is 42.5 Å². The monoisotopic (exact) mass is 563 g/mol. The van der Waals surface area contributed by atoms with E-state index < -0.39 is 81.4 Å². The Morgan fingerprint density at radius 2 is 1.68 bits per heavy atom. The van der Waals surface area contributed by atoms with Crippen LogP contribution < -0.4 is 0 Å². The van der Waals surface area contributed by atoms with Crippen molar-refractivity contribution in [3.63, 3.8) is 0 Å². The molecule has 2 bridgehead atoms. The summed E-state index contributed by atoms with van der Waals surface area (Å²) in [6.45, 7) is 0. The Morgan fingerprint density at radius 3 is 2.32 bits per heavy atom. The molecule has 0 N–H and O–H groups in total. The molecule has 2 aromatic carbocycles. The first-order valence-electron chi connectivity index (χ1n) is 11.1. The minimum Gasteiger partial charge on any atom is -0.743 e. The van der Waals surface area contributed by atoms with Crippen LogP contribution in [0, 0.1) is 23.7 Å². The van der Waals surface area contributed by atoms with Crippen molar-refractivity contribution in [1.82, 2.24) is 0 Å². The molecule has 204 valence electrons. The topological polar surface area (TPSA) is 136 Å². The second-order valence-corrected chi connectivity index (χ2v) is 10.8. The maximum Gasteiger partial charge on any atom is 0.432 e. The zero-order chi connectivity index (χ0) is 27.8. The normalized spacial score (nSPS) is 29.3. The van der Waals surface area contributed by atoms with Crippen LogP contribution in [-0.4, -0.2) is 60.6 Å². The molecule has 7 atom stereocenters. The van der Waals surface area contributed by atoms with Gasteiger partial charge in [-0.1, -0.05) is 30.3 Å². The van der Waals surface area contributed by atoms with Crippen LogP contribution in [0.5, 0.6) is 0 Å². The number of carbonyl (C=O) groups excluding carboxylic acids is 3. The standard InChI is InChI=1S/C23H17F5O9S/c24-22(25,26)21(23(27,28)38(32,33)34)37-20(31)15-13-8-12-14(15)19(30)36-17(12)16(13)35-18(29)11-6-5-9-3-1-2-4-10(9)7-11/h1-7,12-17,21H,8H2,(H,32,33,34)/p-1. The number of hydrogen-bond donors (Lipinski definition) is 0. The van der Waals surface area contributed by atoms with Crippen LogP contribution in [0.3, 0.4) is 0 Å². The Bertz CT molecular complexity index is 1440. The fourth-order valence-electron chi connectivity index (χ4n) is 5.63. The first-order chi connectivity index (χ1) is 17.6. The smallest absolute Gasteiger partial charge is 0.432 e. The lowest BCUT2D eigenvalue weighted by Crippen LogP contribution is -2.54. The van der Waals surface area contributed by atoms with Gasteiger partial charge in [-0.05, 0) is 29.3 Å². The predicted molar refractivity (Wildman–Crippen MR) is 112 cm³/mol. The van der Waals surface area contributed by atoms with Crippen molar-refractivity contribution in [3.05, 3.63) is 48.0 Å². The Labute approximate surface area is 210 Å². The molecule has 3 aliphatic rings. The second-order valence-electron chi connectivity index (χ2n) is 9.32. The molecule has 0 amide bonds. The lowest BCUT2D eigenvalue weighted by Gasteiger charge is -2.33. The highest BCUT2D eigenvalue weighted by atomic mass is 32.2. The Kier molecular flexibility index (Phi) is 5.94. The Morgan fingerprint density at radius 1 is 1.03 bits per heavy atom. The van der Waals surface area contributed by atoms with E-state index in [4.69, 9.17) is 9.47 Å². The first kappa shape index (κ1) is 26.3. The van der Waals surface area contributed by atoms with Crippen LogP contribution in [0.1, 0.15) is 16.8 Å². The minimum atomic E-state index is -6.90. The zero-order valence-electron chi connectivity index (χ0n) is 18.8. The van der Waals surface area contributed by atoms with Gasteiger partial charge in [0.15, 0.2) is 10.1 Å². The molecular weight excluding hydrogens is 547 g/mol. The van der Waals surface area contributed by atoms with Gasteiger partial charge in [0.2, 0.25) is 0 Å². The third-order valence-corrected chi connectivity index (χ3v) is 8.10. The van der Waals surface area contributed by atoms with E-state index in [0.29, 0.717) is 5.39 Å². The highest BCUT2D eigenvalue weighted by molar-refractivity contribution is 7.86. The number of hydrogen-bond acceptors (Lipinski definition) is 9. The summed E-state index contributed by atoms with van der Waals surface area (Å²) in [5.74, 6) is -9.03. The Hall–Kier alpha value is -3.33. The molecule has 2 aliphatic carbocycles. The summed E-state index contributed by atoms with van der Waals surface area (Å²) in [7, 11) is -6.90. The van der Waals surface area contributed by atoms with Crippen LogP contribution in [0.25, 0.3) is 10.8 Å². The number of esters is 3. The number of carbonyl (C=O) groups is 3. The first-order valence-corrected chi connectivity index (χ1v) is 12.5. The molecule has 1 heterocycles. The van der Waals surface area contributed by atoms with Crippen molar-refractivity contribution in [2.24, 2.45) is 23.7 Å². The quantitative estimate of drug-likeness (QED) is 0.225. The van der Waals surface area contributed by atoms with Crippen LogP contribution in [-0.2, 0) is 33.9 Å². The van der Waals surface area contributed by atoms with Gasteiger partial charge in [0.25, 0.3) is 6.10 Å². The molecule has 7 unspecified atom stereocenters. The highest BCUT2D eigenvalue weighted by Crippen LogP contribution is 2.59. The summed E-state index contributed by atoms with van der Waals surface area (Å²) in [6, 6.07) is 11.6. The van der Waals surface area contributed by atoms with E-state index in [1.807, 2.05) is 0 Å². The van der Waals surface area contributed by atoms with Gasteiger partial charge in [-0.2, -0.15) is 22.0 Å². The lowest BCUT2D eigenvalue weighted by atomic mass is 9.78. The highest BCUT2D eigenvalue weighted by Gasteiger charge is 2.71. The number of halogens is 5. The third kappa shape index (κ3) is 4.08. The largest absolute Gasteiger partial charge is 0.743 e. The number of alkyl halides is 5. The number of fused-ring (bicyclic) bond motifs is 2. The van der Waals surface area contributed by atoms with Gasteiger partial charge in [0.05, 0.1) is 17.4 Å². The van der Waals surface area contributed by atoms with Gasteiger partial charge in [-0.15, -0.1) is 0 Å². The number of rotatable bonds is 6. The fourth-order valence-corrected chi connectivity index (χ4v) is 6.07. The van der Waals surface area contributed by atoms with E-state index >= 15 is 0 Å². The summed E-state index contributed by atoms with van der Waals surface area (Å²) >= 11 is 0. The van der Waals surface area contributed by atoms with E-state index in [2.05, 4.69) is 4.74 Å². The van der Waals surface area contributed by atoms with Gasteiger partial charge in [0, 0.05) is 11.8 Å². The molecule has 0 radical (unpaired) electrons. The molecule has 3 fully saturated rings. The van der Waals surface area contributed by atoms with Crippen molar-refractivity contribution < 1.29 is 63.5 Å². The van der Waals surface area contributed by atoms with E-state index in [0.717, 1.165) is 5.39 Å². The molecule has 1 saturated heterocycles. The molecule has 15 heteroatoms. The van der Waals surface area contributed by atoms with Gasteiger partial charge < -0.3 is 18.8 Å². The van der Waals surface area contributed by atoms with Gasteiger partial charge in [-0.3, -0.25) is 9.59 Å². The maximum atomic E-state index is 13.9. The molecule has 2 aromatic rings. The van der Waals surface area contributed by atoms with E-state index in [9.17, 15) is 49.3 Å². The summed E-state index contributed by atoms with van der Waals surface area (Å²) in [5, 5.41) is -4.54. The lowest BCUT2D eigenvalue weighted by molar-refractivity contribution is -0.262. The minimum absolute atomic E-state index is 0.0383. The third-order valence-electron chi connectivity index (χ3n) is 7.22. The molecule has 5 rings (SSSR count). The molecule has 9 nitrogen and oxygen atoms in total. The molecular formula is C23H16F5O9S-. The molecule has 1 aliphatic heterocycles. The van der Waals surface area contributed by atoms with Gasteiger partial charge >= 0.3 is 29.3 Å². The van der Waals surface area contributed by atoms with Crippen LogP contribution in [0.4, 0.5) is 22.0 Å². The number of ether oxygens (including phenoxy) is 3. The van der Waals surface area contributed by atoms with Crippen molar-refractivity contribution in [1.29, 1.82) is 0 Å². The SMILES string of the molecule is O=C(OC1C2CC3C1OC(=O)C3C2C(=O)OC(C(F)(F)F)C(F)(F)S(=O)(=O)[O-])c1ccc2ccccc2c1. The van der Waals surface area contributed by atoms with E-state index in [-0.39, 0.29) is 12.0 Å². The van der Waals surface area contributed by atoms with Crippen molar-refractivity contribution in [3.8, 4) is 0 Å². The number of benzene rings is 2. The molecule has 2 saturated carbocycles. The van der Waals surface area contributed by atoms with Gasteiger partial charge in [-0.25, -0.2) is 13.2 Å². The summed E-state index contributed by atoms with van der Waals surface area (Å²) in [6.07, 6.45) is -13.1. The van der Waals surface area contributed by atoms with Crippen LogP contribution >= 0.6 is 0 Å². The molecule has 38 heavy (non-hydrogen) atoms. The average Bonchev–Trinajstić information content (AvgIpc) is 3.44. The molecule has 0 aromatic heterocycles. The van der Waals surface area contributed by atoms with E-state index in [1.165, 1.54) is 12.1 Å².